The van der Waals surface area contributed by atoms with E-state index in [1.54, 1.807) is 36.4 Å². The maximum absolute atomic E-state index is 13.5. The molecule has 0 spiro atoms. The number of esters is 5. The second-order valence-electron chi connectivity index (χ2n) is 14.4. The van der Waals surface area contributed by atoms with E-state index < -0.39 is 79.3 Å². The van der Waals surface area contributed by atoms with Gasteiger partial charge in [-0.1, -0.05) is 130 Å². The molecule has 1 fully saturated rings. The predicted octanol–water partition coefficient (Wildman–Crippen LogP) is 7.52. The zero-order chi connectivity index (χ0) is 43.3. The minimum Gasteiger partial charge on any atom is -0.463 e. The molecule has 0 bridgehead atoms. The Morgan fingerprint density at radius 2 is 1.15 bits per heavy atom. The summed E-state index contributed by atoms with van der Waals surface area (Å²) in [6.45, 7) is 6.13. The third-order valence-corrected chi connectivity index (χ3v) is 9.45. The average Bonchev–Trinajstić information content (AvgIpc) is 3.23. The van der Waals surface area contributed by atoms with Crippen molar-refractivity contribution in [2.45, 2.75) is 122 Å². The molecule has 13 nitrogen and oxygen atoms in total. The van der Waals surface area contributed by atoms with Gasteiger partial charge in [-0.25, -0.2) is 4.79 Å². The van der Waals surface area contributed by atoms with Crippen LogP contribution in [0.4, 0.5) is 0 Å². The third kappa shape index (κ3) is 15.5. The third-order valence-electron chi connectivity index (χ3n) is 9.45. The number of allylic oxidation sites excluding steroid dienone is 1. The van der Waals surface area contributed by atoms with E-state index in [2.05, 4.69) is 6.92 Å². The van der Waals surface area contributed by atoms with Gasteiger partial charge in [0.05, 0.1) is 11.3 Å². The number of hydrogen-bond acceptors (Lipinski definition) is 13. The van der Waals surface area contributed by atoms with Crippen molar-refractivity contribution in [2.24, 2.45) is 4.99 Å². The molecule has 0 N–H and O–H groups in total. The first-order valence-corrected chi connectivity index (χ1v) is 20.5. The molecule has 0 aromatic heterocycles. The smallest absolute Gasteiger partial charge is 0.338 e. The summed E-state index contributed by atoms with van der Waals surface area (Å²) in [4.78, 5) is 68.4. The largest absolute Gasteiger partial charge is 0.463 e. The highest BCUT2D eigenvalue weighted by Crippen LogP contribution is 2.32. The van der Waals surface area contributed by atoms with Crippen LogP contribution in [0, 0.1) is 0 Å². The van der Waals surface area contributed by atoms with Crippen molar-refractivity contribution in [2.75, 3.05) is 13.2 Å². The molecule has 3 aromatic carbocycles. The van der Waals surface area contributed by atoms with Crippen LogP contribution in [0.3, 0.4) is 0 Å². The maximum atomic E-state index is 13.5. The normalized spacial score (nSPS) is 19.6. The molecule has 1 saturated heterocycles. The summed E-state index contributed by atoms with van der Waals surface area (Å²) >= 11 is 0. The van der Waals surface area contributed by atoms with E-state index in [1.807, 2.05) is 66.7 Å². The highest BCUT2D eigenvalue weighted by molar-refractivity contribution is 6.13. The van der Waals surface area contributed by atoms with Crippen LogP contribution >= 0.6 is 0 Å². The van der Waals surface area contributed by atoms with Gasteiger partial charge in [0.1, 0.15) is 31.5 Å². The second-order valence-corrected chi connectivity index (χ2v) is 14.4. The summed E-state index contributed by atoms with van der Waals surface area (Å²) in [7, 11) is 0. The standard InChI is InChI=1S/C47H57NO12/c1-6-7-8-9-10-11-12-22-29-40(59-47-45(58-35(5)52)44(57-34(4)51)43(56-33(3)50)41(60-47)31-54-32(2)49)39(30-55-46(53)38-27-20-15-21-28-38)48-42(36-23-16-13-17-24-36)37-25-18-14-19-26-37/h13-29,39-41,43-45,47H,6-12,30-31H2,1-5H3/t39-,40-,41+,43+,44-,45+,47+/m0/s1. The Balaban J connectivity index is 1.86. The quantitative estimate of drug-likeness (QED) is 0.0322. The van der Waals surface area contributed by atoms with Gasteiger partial charge in [0, 0.05) is 38.8 Å². The van der Waals surface area contributed by atoms with Gasteiger partial charge in [-0.15, -0.1) is 0 Å². The number of ether oxygens (including phenoxy) is 7. The number of hydrogen-bond donors (Lipinski definition) is 0. The van der Waals surface area contributed by atoms with Gasteiger partial charge in [0.25, 0.3) is 0 Å². The van der Waals surface area contributed by atoms with Crippen LogP contribution in [-0.2, 0) is 52.3 Å². The number of carbonyl (C=O) groups excluding carboxylic acids is 5. The zero-order valence-corrected chi connectivity index (χ0v) is 35.1. The van der Waals surface area contributed by atoms with E-state index in [0.29, 0.717) is 17.7 Å². The molecule has 0 aliphatic carbocycles. The fraction of sp³-hybridized carbons (Fsp3) is 0.447. The molecular formula is C47H57NO12. The lowest BCUT2D eigenvalue weighted by Gasteiger charge is -2.45. The van der Waals surface area contributed by atoms with Gasteiger partial charge in [0.2, 0.25) is 0 Å². The molecule has 322 valence electrons. The number of rotatable bonds is 22. The molecule has 4 rings (SSSR count). The number of carbonyl (C=O) groups is 5. The van der Waals surface area contributed by atoms with Crippen LogP contribution in [0.2, 0.25) is 0 Å². The maximum Gasteiger partial charge on any atom is 0.338 e. The minimum absolute atomic E-state index is 0.270. The molecule has 7 atom stereocenters. The highest BCUT2D eigenvalue weighted by Gasteiger charge is 2.53. The van der Waals surface area contributed by atoms with Crippen molar-refractivity contribution in [1.29, 1.82) is 0 Å². The summed E-state index contributed by atoms with van der Waals surface area (Å²) in [5.74, 6) is -3.54. The second kappa shape index (κ2) is 25.1. The van der Waals surface area contributed by atoms with Crippen molar-refractivity contribution in [3.05, 3.63) is 120 Å². The molecule has 0 radical (unpaired) electrons. The van der Waals surface area contributed by atoms with Gasteiger partial charge in [-0.3, -0.25) is 24.2 Å². The van der Waals surface area contributed by atoms with E-state index in [9.17, 15) is 24.0 Å². The van der Waals surface area contributed by atoms with Crippen LogP contribution < -0.4 is 0 Å². The summed E-state index contributed by atoms with van der Waals surface area (Å²) < 4.78 is 41.4. The minimum atomic E-state index is -1.52. The van der Waals surface area contributed by atoms with E-state index >= 15 is 0 Å². The predicted molar refractivity (Wildman–Crippen MR) is 223 cm³/mol. The molecule has 1 heterocycles. The molecule has 60 heavy (non-hydrogen) atoms. The van der Waals surface area contributed by atoms with Gasteiger partial charge in [0.15, 0.2) is 24.6 Å². The average molecular weight is 828 g/mol. The summed E-state index contributed by atoms with van der Waals surface area (Å²) in [5.41, 5.74) is 2.48. The first-order chi connectivity index (χ1) is 29.0. The van der Waals surface area contributed by atoms with Crippen molar-refractivity contribution < 1.29 is 57.1 Å². The van der Waals surface area contributed by atoms with Crippen LogP contribution in [-0.4, -0.2) is 91.6 Å². The SMILES string of the molecule is CCCCCCCCC=C[C@H](O[C@@H]1O[C@H](COC(C)=O)[C@@H](OC(C)=O)[C@H](OC(C)=O)[C@H]1OC(C)=O)[C@H](COC(=O)c1ccccc1)N=C(c1ccccc1)c1ccccc1. The topological polar surface area (TPSA) is 162 Å². The number of unbranched alkanes of at least 4 members (excludes halogenated alkanes) is 6. The lowest BCUT2D eigenvalue weighted by Crippen LogP contribution is -2.63. The molecule has 0 amide bonds. The molecular weight excluding hydrogens is 771 g/mol. The summed E-state index contributed by atoms with van der Waals surface area (Å²) in [6, 6.07) is 26.6. The fourth-order valence-electron chi connectivity index (χ4n) is 6.69. The van der Waals surface area contributed by atoms with Crippen LogP contribution in [0.5, 0.6) is 0 Å². The Hall–Kier alpha value is -5.66. The van der Waals surface area contributed by atoms with Crippen molar-refractivity contribution in [3.8, 4) is 0 Å². The molecule has 0 saturated carbocycles. The highest BCUT2D eigenvalue weighted by atomic mass is 16.7. The molecule has 1 aliphatic rings. The first kappa shape index (κ1) is 47.0. The summed E-state index contributed by atoms with van der Waals surface area (Å²) in [5, 5.41) is 0. The van der Waals surface area contributed by atoms with Crippen molar-refractivity contribution >= 4 is 35.6 Å². The fourth-order valence-corrected chi connectivity index (χ4v) is 6.69. The Morgan fingerprint density at radius 3 is 1.70 bits per heavy atom. The lowest BCUT2D eigenvalue weighted by atomic mass is 9.97. The van der Waals surface area contributed by atoms with E-state index in [-0.39, 0.29) is 6.61 Å². The Labute approximate surface area is 352 Å². The lowest BCUT2D eigenvalue weighted by molar-refractivity contribution is -0.314. The number of aliphatic imine (C=N–C) groups is 1. The number of benzene rings is 3. The first-order valence-electron chi connectivity index (χ1n) is 20.5. The molecule has 0 unspecified atom stereocenters. The monoisotopic (exact) mass is 827 g/mol. The zero-order valence-electron chi connectivity index (χ0n) is 35.1. The van der Waals surface area contributed by atoms with E-state index in [1.165, 1.54) is 13.3 Å². The van der Waals surface area contributed by atoms with Gasteiger partial charge in [-0.2, -0.15) is 0 Å². The van der Waals surface area contributed by atoms with Gasteiger partial charge >= 0.3 is 29.8 Å². The van der Waals surface area contributed by atoms with E-state index in [0.717, 1.165) is 64.0 Å². The summed E-state index contributed by atoms with van der Waals surface area (Å²) in [6.07, 6.45) is 2.83. The molecule has 13 heteroatoms. The van der Waals surface area contributed by atoms with Crippen LogP contribution in [0.1, 0.15) is 101 Å². The molecule has 3 aromatic rings. The van der Waals surface area contributed by atoms with Crippen molar-refractivity contribution in [1.82, 2.24) is 0 Å². The Morgan fingerprint density at radius 1 is 0.633 bits per heavy atom. The number of nitrogens with zero attached hydrogens (tertiary/aromatic N) is 1. The molecule has 1 aliphatic heterocycles. The Bertz CT molecular complexity index is 1830. The van der Waals surface area contributed by atoms with Gasteiger partial charge in [-0.05, 0) is 25.0 Å². The van der Waals surface area contributed by atoms with Crippen molar-refractivity contribution in [3.63, 3.8) is 0 Å². The van der Waals surface area contributed by atoms with Crippen LogP contribution in [0.15, 0.2) is 108 Å². The van der Waals surface area contributed by atoms with E-state index in [4.69, 9.17) is 38.2 Å². The van der Waals surface area contributed by atoms with Gasteiger partial charge < -0.3 is 33.2 Å². The Kier molecular flexibility index (Phi) is 19.7. The van der Waals surface area contributed by atoms with Crippen LogP contribution in [0.25, 0.3) is 0 Å².